The van der Waals surface area contributed by atoms with E-state index >= 15 is 0 Å². The number of unbranched alkanes of at least 4 members (excludes halogenated alkanes) is 1. The maximum Gasteiger partial charge on any atom is 0.277 e. The predicted molar refractivity (Wildman–Crippen MR) is 113 cm³/mol. The number of ether oxygens (including phenoxy) is 1. The second kappa shape index (κ2) is 9.90. The van der Waals surface area contributed by atoms with Gasteiger partial charge in [0.15, 0.2) is 17.2 Å². The molecule has 0 radical (unpaired) electrons. The van der Waals surface area contributed by atoms with E-state index < -0.39 is 34.5 Å². The summed E-state index contributed by atoms with van der Waals surface area (Å²) in [6, 6.07) is 3.05. The van der Waals surface area contributed by atoms with Crippen molar-refractivity contribution < 1.29 is 28.2 Å². The van der Waals surface area contributed by atoms with Gasteiger partial charge in [-0.2, -0.15) is 0 Å². The standard InChI is InChI=1S/C22H25F2N3O5/c1-25-13-26(9-3-4-10-32-2)22(31)19-21(30)20(29)16(12-27(19)25)18(28)8-6-14-5-7-15(23)11-17(14)24/h5,7,11-12,30H,3-4,6,8-10,13H2,1-2H3. The molecule has 0 saturated carbocycles. The first-order valence-electron chi connectivity index (χ1n) is 10.2. The smallest absolute Gasteiger partial charge is 0.277 e. The van der Waals surface area contributed by atoms with Crippen LogP contribution in [-0.2, 0) is 11.2 Å². The van der Waals surface area contributed by atoms with Gasteiger partial charge in [0.25, 0.3) is 5.91 Å². The molecule has 1 amide bonds. The number of carbonyl (C=O) groups is 2. The Labute approximate surface area is 183 Å². The van der Waals surface area contributed by atoms with Crippen LogP contribution in [0.2, 0.25) is 0 Å². The summed E-state index contributed by atoms with van der Waals surface area (Å²) in [5.41, 5.74) is -1.33. The number of fused-ring (bicyclic) bond motifs is 1. The van der Waals surface area contributed by atoms with E-state index in [0.717, 1.165) is 18.6 Å². The second-order valence-electron chi connectivity index (χ2n) is 7.64. The third-order valence-electron chi connectivity index (χ3n) is 5.36. The molecule has 1 N–H and O–H groups in total. The Morgan fingerprint density at radius 1 is 1.22 bits per heavy atom. The van der Waals surface area contributed by atoms with Crippen molar-refractivity contribution in [3.8, 4) is 5.75 Å². The second-order valence-corrected chi connectivity index (χ2v) is 7.64. The van der Waals surface area contributed by atoms with E-state index in [9.17, 15) is 28.3 Å². The molecule has 0 unspecified atom stereocenters. The van der Waals surface area contributed by atoms with E-state index in [4.69, 9.17) is 4.74 Å². The molecule has 10 heteroatoms. The zero-order valence-corrected chi connectivity index (χ0v) is 17.9. The summed E-state index contributed by atoms with van der Waals surface area (Å²) >= 11 is 0. The van der Waals surface area contributed by atoms with Crippen LogP contribution in [0, 0.1) is 11.6 Å². The number of Topliss-reactive ketones (excluding diaryl/α,β-unsaturated/α-hetero) is 1. The number of halogens is 2. The summed E-state index contributed by atoms with van der Waals surface area (Å²) in [7, 11) is 3.25. The van der Waals surface area contributed by atoms with Crippen molar-refractivity contribution in [2.75, 3.05) is 39.0 Å². The fourth-order valence-corrected chi connectivity index (χ4v) is 3.61. The van der Waals surface area contributed by atoms with E-state index in [0.29, 0.717) is 19.6 Å². The van der Waals surface area contributed by atoms with E-state index in [1.54, 1.807) is 19.2 Å². The molecule has 0 atom stereocenters. The molecular formula is C22H25F2N3O5. The molecule has 0 saturated heterocycles. The number of hydrogen-bond acceptors (Lipinski definition) is 6. The minimum atomic E-state index is -0.955. The molecule has 8 nitrogen and oxygen atoms in total. The zero-order chi connectivity index (χ0) is 23.4. The van der Waals surface area contributed by atoms with Crippen molar-refractivity contribution in [1.29, 1.82) is 0 Å². The van der Waals surface area contributed by atoms with Gasteiger partial charge in [-0.3, -0.25) is 24.1 Å². The molecule has 1 aliphatic heterocycles. The number of amides is 1. The van der Waals surface area contributed by atoms with E-state index in [1.165, 1.54) is 21.8 Å². The van der Waals surface area contributed by atoms with Gasteiger partial charge in [-0.05, 0) is 30.9 Å². The van der Waals surface area contributed by atoms with E-state index in [1.807, 2.05) is 0 Å². The molecule has 0 aliphatic carbocycles. The average molecular weight is 449 g/mol. The monoisotopic (exact) mass is 449 g/mol. The van der Waals surface area contributed by atoms with Crippen LogP contribution in [0.1, 0.15) is 45.7 Å². The fourth-order valence-electron chi connectivity index (χ4n) is 3.61. The van der Waals surface area contributed by atoms with Gasteiger partial charge in [0.05, 0.1) is 5.56 Å². The number of pyridine rings is 1. The van der Waals surface area contributed by atoms with Crippen molar-refractivity contribution >= 4 is 11.7 Å². The number of rotatable bonds is 9. The topological polar surface area (TPSA) is 92.1 Å². The maximum absolute atomic E-state index is 13.8. The molecule has 1 aromatic carbocycles. The van der Waals surface area contributed by atoms with Gasteiger partial charge in [-0.25, -0.2) is 8.78 Å². The summed E-state index contributed by atoms with van der Waals surface area (Å²) < 4.78 is 33.2. The normalized spacial score (nSPS) is 13.4. The molecule has 0 spiro atoms. The molecule has 2 aromatic rings. The van der Waals surface area contributed by atoms with Crippen LogP contribution in [0.25, 0.3) is 0 Å². The number of nitrogens with zero attached hydrogens (tertiary/aromatic N) is 3. The van der Waals surface area contributed by atoms with Crippen molar-refractivity contribution in [1.82, 2.24) is 9.58 Å². The van der Waals surface area contributed by atoms with Gasteiger partial charge in [0.2, 0.25) is 5.43 Å². The Morgan fingerprint density at radius 2 is 1.97 bits per heavy atom. The van der Waals surface area contributed by atoms with Crippen LogP contribution in [0.5, 0.6) is 5.75 Å². The average Bonchev–Trinajstić information content (AvgIpc) is 2.75. The molecule has 0 fully saturated rings. The highest BCUT2D eigenvalue weighted by atomic mass is 19.1. The summed E-state index contributed by atoms with van der Waals surface area (Å²) in [6.07, 6.45) is 2.40. The Balaban J connectivity index is 1.81. The highest BCUT2D eigenvalue weighted by Gasteiger charge is 2.32. The first kappa shape index (κ1) is 23.4. The molecule has 32 heavy (non-hydrogen) atoms. The molecule has 172 valence electrons. The fraction of sp³-hybridized carbons (Fsp3) is 0.409. The molecular weight excluding hydrogens is 424 g/mol. The largest absolute Gasteiger partial charge is 0.502 e. The third kappa shape index (κ3) is 4.80. The summed E-state index contributed by atoms with van der Waals surface area (Å²) in [5.74, 6) is -3.44. The van der Waals surface area contributed by atoms with Crippen molar-refractivity contribution in [2.24, 2.45) is 0 Å². The van der Waals surface area contributed by atoms with E-state index in [2.05, 4.69) is 0 Å². The number of aromatic hydroxyl groups is 1. The number of methoxy groups -OCH3 is 1. The molecule has 3 rings (SSSR count). The Kier molecular flexibility index (Phi) is 7.24. The zero-order valence-electron chi connectivity index (χ0n) is 17.9. The lowest BCUT2D eigenvalue weighted by Crippen LogP contribution is -2.52. The lowest BCUT2D eigenvalue weighted by atomic mass is 10.0. The van der Waals surface area contributed by atoms with Crippen LogP contribution < -0.4 is 10.4 Å². The number of aryl methyl sites for hydroxylation is 1. The number of ketones is 1. The van der Waals surface area contributed by atoms with Crippen molar-refractivity contribution in [3.63, 3.8) is 0 Å². The minimum Gasteiger partial charge on any atom is -0.502 e. The van der Waals surface area contributed by atoms with Crippen LogP contribution >= 0.6 is 0 Å². The van der Waals surface area contributed by atoms with Crippen LogP contribution in [0.15, 0.2) is 29.2 Å². The summed E-state index contributed by atoms with van der Waals surface area (Å²) in [5, 5.41) is 12.1. The van der Waals surface area contributed by atoms with Crippen molar-refractivity contribution in [3.05, 3.63) is 63.1 Å². The van der Waals surface area contributed by atoms with Gasteiger partial charge in [-0.15, -0.1) is 0 Å². The number of aromatic nitrogens is 1. The lowest BCUT2D eigenvalue weighted by Gasteiger charge is -2.37. The Hall–Kier alpha value is -3.27. The first-order chi connectivity index (χ1) is 15.2. The van der Waals surface area contributed by atoms with Gasteiger partial charge in [-0.1, -0.05) is 6.07 Å². The molecule has 1 aromatic heterocycles. The Morgan fingerprint density at radius 3 is 2.66 bits per heavy atom. The lowest BCUT2D eigenvalue weighted by molar-refractivity contribution is 0.0684. The van der Waals surface area contributed by atoms with Crippen LogP contribution in [0.4, 0.5) is 8.78 Å². The maximum atomic E-state index is 13.8. The third-order valence-corrected chi connectivity index (χ3v) is 5.36. The summed E-state index contributed by atoms with van der Waals surface area (Å²) in [4.78, 5) is 39.7. The molecule has 2 heterocycles. The SMILES string of the molecule is COCCCCN1CN(C)n2cc(C(=O)CCc3ccc(F)cc3F)c(=O)c(O)c2C1=O. The highest BCUT2D eigenvalue weighted by molar-refractivity contribution is 6.00. The van der Waals surface area contributed by atoms with Crippen LogP contribution in [-0.4, -0.2) is 60.4 Å². The summed E-state index contributed by atoms with van der Waals surface area (Å²) in [6.45, 7) is 1.19. The molecule has 1 aliphatic rings. The van der Waals surface area contributed by atoms with Gasteiger partial charge >= 0.3 is 0 Å². The van der Waals surface area contributed by atoms with Gasteiger partial charge in [0, 0.05) is 46.0 Å². The number of carbonyl (C=O) groups excluding carboxylic acids is 2. The van der Waals surface area contributed by atoms with Gasteiger partial charge < -0.3 is 14.7 Å². The predicted octanol–water partition coefficient (Wildman–Crippen LogP) is 2.06. The van der Waals surface area contributed by atoms with Crippen molar-refractivity contribution in [2.45, 2.75) is 25.7 Å². The first-order valence-corrected chi connectivity index (χ1v) is 10.2. The molecule has 0 bridgehead atoms. The van der Waals surface area contributed by atoms with Crippen LogP contribution in [0.3, 0.4) is 0 Å². The number of hydrogen-bond donors (Lipinski definition) is 1. The number of benzene rings is 1. The minimum absolute atomic E-state index is 0.0447. The Bertz CT molecular complexity index is 1090. The quantitative estimate of drug-likeness (QED) is 0.466. The van der Waals surface area contributed by atoms with E-state index in [-0.39, 0.29) is 36.3 Å². The van der Waals surface area contributed by atoms with Gasteiger partial charge in [0.1, 0.15) is 18.3 Å². The highest BCUT2D eigenvalue weighted by Crippen LogP contribution is 2.22.